The quantitative estimate of drug-likeness (QED) is 0.629. The molecule has 5 nitrogen and oxygen atoms in total. The second-order valence-corrected chi connectivity index (χ2v) is 5.61. The van der Waals surface area contributed by atoms with E-state index in [-0.39, 0.29) is 6.03 Å². The van der Waals surface area contributed by atoms with Crippen molar-refractivity contribution in [3.8, 4) is 17.2 Å². The van der Waals surface area contributed by atoms with E-state index in [1.54, 1.807) is 43.7 Å². The number of anilines is 1. The smallest absolute Gasteiger partial charge is 0.323 e. The van der Waals surface area contributed by atoms with Crippen molar-refractivity contribution in [1.29, 1.82) is 0 Å². The molecule has 5 heteroatoms. The number of hydrogen-bond acceptors (Lipinski definition) is 3. The molecular formula is C22H20N2O3. The Morgan fingerprint density at radius 2 is 1.52 bits per heavy atom. The molecule has 0 aliphatic heterocycles. The van der Waals surface area contributed by atoms with Crippen molar-refractivity contribution in [3.63, 3.8) is 0 Å². The lowest BCUT2D eigenvalue weighted by Gasteiger charge is -2.08. The summed E-state index contributed by atoms with van der Waals surface area (Å²) < 4.78 is 11.0. The molecule has 0 heterocycles. The lowest BCUT2D eigenvalue weighted by atomic mass is 10.2. The van der Waals surface area contributed by atoms with Crippen molar-refractivity contribution in [2.75, 3.05) is 12.4 Å². The van der Waals surface area contributed by atoms with Crippen molar-refractivity contribution >= 4 is 17.8 Å². The third kappa shape index (κ3) is 5.37. The summed E-state index contributed by atoms with van der Waals surface area (Å²) in [5.74, 6) is 2.20. The van der Waals surface area contributed by atoms with E-state index in [2.05, 4.69) is 10.6 Å². The number of urea groups is 1. The highest BCUT2D eigenvalue weighted by Crippen LogP contribution is 2.22. The predicted molar refractivity (Wildman–Crippen MR) is 107 cm³/mol. The summed E-state index contributed by atoms with van der Waals surface area (Å²) in [7, 11) is 1.61. The molecule has 3 aromatic rings. The zero-order chi connectivity index (χ0) is 18.9. The van der Waals surface area contributed by atoms with Crippen LogP contribution in [0.3, 0.4) is 0 Å². The summed E-state index contributed by atoms with van der Waals surface area (Å²) in [5, 5.41) is 5.43. The lowest BCUT2D eigenvalue weighted by Crippen LogP contribution is -2.23. The second-order valence-electron chi connectivity index (χ2n) is 5.61. The molecule has 27 heavy (non-hydrogen) atoms. The molecule has 0 bridgehead atoms. The van der Waals surface area contributed by atoms with Gasteiger partial charge in [-0.05, 0) is 48.5 Å². The summed E-state index contributed by atoms with van der Waals surface area (Å²) in [6, 6.07) is 23.9. The van der Waals surface area contributed by atoms with Gasteiger partial charge in [0.25, 0.3) is 0 Å². The minimum atomic E-state index is -0.335. The van der Waals surface area contributed by atoms with Crippen LogP contribution in [0.15, 0.2) is 85.1 Å². The molecule has 3 aromatic carbocycles. The Morgan fingerprint density at radius 1 is 0.852 bits per heavy atom. The molecule has 0 atom stereocenters. The van der Waals surface area contributed by atoms with E-state index in [1.807, 2.05) is 54.6 Å². The number of rotatable bonds is 6. The highest BCUT2D eigenvalue weighted by Gasteiger charge is 2.02. The van der Waals surface area contributed by atoms with Gasteiger partial charge in [-0.15, -0.1) is 0 Å². The number of carbonyl (C=O) groups excluding carboxylic acids is 1. The first kappa shape index (κ1) is 18.1. The van der Waals surface area contributed by atoms with E-state index in [9.17, 15) is 4.79 Å². The Balaban J connectivity index is 1.52. The first-order valence-electron chi connectivity index (χ1n) is 8.44. The Labute approximate surface area is 158 Å². The maximum atomic E-state index is 12.0. The first-order valence-corrected chi connectivity index (χ1v) is 8.44. The van der Waals surface area contributed by atoms with E-state index in [1.165, 1.54) is 0 Å². The van der Waals surface area contributed by atoms with E-state index < -0.39 is 0 Å². The highest BCUT2D eigenvalue weighted by molar-refractivity contribution is 5.90. The van der Waals surface area contributed by atoms with Crippen LogP contribution >= 0.6 is 0 Å². The van der Waals surface area contributed by atoms with Crippen molar-refractivity contribution in [2.24, 2.45) is 0 Å². The van der Waals surface area contributed by atoms with Crippen LogP contribution in [-0.2, 0) is 0 Å². The normalized spacial score (nSPS) is 10.4. The number of hydrogen-bond donors (Lipinski definition) is 2. The van der Waals surface area contributed by atoms with Gasteiger partial charge in [0.15, 0.2) is 0 Å². The van der Waals surface area contributed by atoms with Gasteiger partial charge in [0.2, 0.25) is 0 Å². The average molecular weight is 360 g/mol. The number of benzene rings is 3. The van der Waals surface area contributed by atoms with Gasteiger partial charge in [-0.3, -0.25) is 0 Å². The molecule has 136 valence electrons. The van der Waals surface area contributed by atoms with Gasteiger partial charge in [0, 0.05) is 17.5 Å². The van der Waals surface area contributed by atoms with Crippen LogP contribution < -0.4 is 20.1 Å². The lowest BCUT2D eigenvalue weighted by molar-refractivity contribution is 0.255. The summed E-state index contributed by atoms with van der Waals surface area (Å²) in [4.78, 5) is 12.0. The number of amides is 2. The van der Waals surface area contributed by atoms with Crippen molar-refractivity contribution < 1.29 is 14.3 Å². The Kier molecular flexibility index (Phi) is 6.09. The fourth-order valence-electron chi connectivity index (χ4n) is 2.41. The molecule has 2 amide bonds. The van der Waals surface area contributed by atoms with Crippen LogP contribution in [0.25, 0.3) is 6.08 Å². The third-order valence-corrected chi connectivity index (χ3v) is 3.71. The van der Waals surface area contributed by atoms with Crippen LogP contribution in [0.2, 0.25) is 0 Å². The monoisotopic (exact) mass is 360 g/mol. The molecule has 0 saturated heterocycles. The molecule has 0 radical (unpaired) electrons. The number of carbonyl (C=O) groups is 1. The molecule has 0 aromatic heterocycles. The van der Waals surface area contributed by atoms with Crippen LogP contribution in [0.1, 0.15) is 5.56 Å². The molecule has 0 spiro atoms. The zero-order valence-electron chi connectivity index (χ0n) is 14.9. The molecule has 0 saturated carbocycles. The SMILES string of the molecule is COc1ccccc1/C=C/NC(=O)Nc1ccc(Oc2ccccc2)cc1. The largest absolute Gasteiger partial charge is 0.496 e. The number of nitrogens with one attached hydrogen (secondary N) is 2. The van der Waals surface area contributed by atoms with Crippen molar-refractivity contribution in [1.82, 2.24) is 5.32 Å². The first-order chi connectivity index (χ1) is 13.2. The number of para-hydroxylation sites is 2. The summed E-state index contributed by atoms with van der Waals surface area (Å²) in [6.07, 6.45) is 3.34. The highest BCUT2D eigenvalue weighted by atomic mass is 16.5. The minimum absolute atomic E-state index is 0.335. The van der Waals surface area contributed by atoms with Gasteiger partial charge in [-0.2, -0.15) is 0 Å². The van der Waals surface area contributed by atoms with Gasteiger partial charge < -0.3 is 20.1 Å². The molecular weight excluding hydrogens is 340 g/mol. The number of ether oxygens (including phenoxy) is 2. The molecule has 0 aliphatic carbocycles. The van der Waals surface area contributed by atoms with E-state index in [0.29, 0.717) is 11.4 Å². The standard InChI is InChI=1S/C22H20N2O3/c1-26-21-10-6-5-7-17(21)15-16-23-22(25)24-18-11-13-20(14-12-18)27-19-8-3-2-4-9-19/h2-16H,1H3,(H2,23,24,25)/b16-15+. The van der Waals surface area contributed by atoms with Gasteiger partial charge in [-0.25, -0.2) is 4.79 Å². The average Bonchev–Trinajstić information content (AvgIpc) is 2.71. The molecule has 0 fully saturated rings. The Bertz CT molecular complexity index is 906. The summed E-state index contributed by atoms with van der Waals surface area (Å²) in [5.41, 5.74) is 1.54. The van der Waals surface area contributed by atoms with Crippen LogP contribution in [0.5, 0.6) is 17.2 Å². The van der Waals surface area contributed by atoms with Crippen molar-refractivity contribution in [3.05, 3.63) is 90.6 Å². The summed E-state index contributed by atoms with van der Waals surface area (Å²) >= 11 is 0. The molecule has 0 aliphatic rings. The van der Waals surface area contributed by atoms with Gasteiger partial charge in [-0.1, -0.05) is 36.4 Å². The molecule has 0 unspecified atom stereocenters. The fourth-order valence-corrected chi connectivity index (χ4v) is 2.41. The maximum Gasteiger partial charge on any atom is 0.323 e. The van der Waals surface area contributed by atoms with Crippen LogP contribution in [-0.4, -0.2) is 13.1 Å². The third-order valence-electron chi connectivity index (χ3n) is 3.71. The topological polar surface area (TPSA) is 59.6 Å². The summed E-state index contributed by atoms with van der Waals surface area (Å²) in [6.45, 7) is 0. The van der Waals surface area contributed by atoms with E-state index in [0.717, 1.165) is 17.1 Å². The zero-order valence-corrected chi connectivity index (χ0v) is 14.9. The predicted octanol–water partition coefficient (Wildman–Crippen LogP) is 5.28. The Morgan fingerprint density at radius 3 is 2.26 bits per heavy atom. The van der Waals surface area contributed by atoms with Crippen molar-refractivity contribution in [2.45, 2.75) is 0 Å². The van der Waals surface area contributed by atoms with Gasteiger partial charge in [0.05, 0.1) is 7.11 Å². The Hall–Kier alpha value is -3.73. The van der Waals surface area contributed by atoms with Crippen LogP contribution in [0.4, 0.5) is 10.5 Å². The fraction of sp³-hybridized carbons (Fsp3) is 0.0455. The maximum absolute atomic E-state index is 12.0. The van der Waals surface area contributed by atoms with E-state index >= 15 is 0 Å². The van der Waals surface area contributed by atoms with E-state index in [4.69, 9.17) is 9.47 Å². The molecule has 3 rings (SSSR count). The van der Waals surface area contributed by atoms with Crippen LogP contribution in [0, 0.1) is 0 Å². The van der Waals surface area contributed by atoms with Gasteiger partial charge >= 0.3 is 6.03 Å². The van der Waals surface area contributed by atoms with Gasteiger partial charge in [0.1, 0.15) is 17.2 Å². The second kappa shape index (κ2) is 9.10. The number of methoxy groups -OCH3 is 1. The minimum Gasteiger partial charge on any atom is -0.496 e. The molecule has 2 N–H and O–H groups in total.